The van der Waals surface area contributed by atoms with Gasteiger partial charge in [0.25, 0.3) is 0 Å². The normalized spacial score (nSPS) is 11.8. The Hall–Kier alpha value is -11.3. The number of rotatable bonds is 12. The number of benzene rings is 12. The van der Waals surface area contributed by atoms with Crippen LogP contribution in [0.15, 0.2) is 328 Å². The van der Waals surface area contributed by atoms with Gasteiger partial charge in [-0.15, -0.1) is 106 Å². The van der Waals surface area contributed by atoms with E-state index in [1.165, 1.54) is 117 Å². The van der Waals surface area contributed by atoms with E-state index < -0.39 is 0 Å². The van der Waals surface area contributed by atoms with Gasteiger partial charge in [0.05, 0.1) is 0 Å². The molecule has 0 amide bonds. The fraction of sp³-hybridized carbons (Fsp3) is 0.216. The first-order valence-corrected chi connectivity index (χ1v) is 40.1. The maximum atomic E-state index is 4.54. The van der Waals surface area contributed by atoms with Gasteiger partial charge in [0.1, 0.15) is 0 Å². The summed E-state index contributed by atoms with van der Waals surface area (Å²) in [6.07, 6.45) is 5.49. The van der Waals surface area contributed by atoms with Gasteiger partial charge in [-0.3, -0.25) is 0 Å². The van der Waals surface area contributed by atoms with Crippen LogP contribution in [-0.2, 0) is 52.6 Å². The molecule has 0 atom stereocenters. The molecule has 3 aromatic heterocycles. The molecule has 576 valence electrons. The summed E-state index contributed by atoms with van der Waals surface area (Å²) in [5, 5.41) is 0. The van der Waals surface area contributed by atoms with E-state index in [0.717, 1.165) is 50.5 Å². The second-order valence-electron chi connectivity index (χ2n) is 36.5. The molecule has 4 heteroatoms. The average molecular weight is 1680 g/mol. The Labute approximate surface area is 700 Å². The second kappa shape index (κ2) is 34.8. The van der Waals surface area contributed by atoms with Crippen LogP contribution < -0.4 is 0 Å². The van der Waals surface area contributed by atoms with Crippen molar-refractivity contribution in [3.63, 3.8) is 0 Å². The van der Waals surface area contributed by atoms with Gasteiger partial charge in [-0.25, -0.2) is 0 Å². The van der Waals surface area contributed by atoms with Crippen LogP contribution >= 0.6 is 0 Å². The summed E-state index contributed by atoms with van der Waals surface area (Å²) in [7, 11) is 0. The summed E-state index contributed by atoms with van der Waals surface area (Å²) >= 11 is 0. The molecule has 0 radical (unpaired) electrons. The quantitative estimate of drug-likeness (QED) is 0.114. The van der Waals surface area contributed by atoms with Crippen molar-refractivity contribution in [2.75, 3.05) is 0 Å². The van der Waals surface area contributed by atoms with Crippen molar-refractivity contribution in [1.82, 2.24) is 15.0 Å². The molecule has 0 saturated carbocycles. The molecule has 15 aromatic rings. The molecule has 12 aromatic carbocycles. The molecule has 115 heavy (non-hydrogen) atoms. The topological polar surface area (TPSA) is 38.7 Å². The molecule has 3 heterocycles. The SMILES string of the molecule is CC(C)(C)c1ccc(-c2cc(-c3ccc(C(C)(C)C)cc3)cc(-c3cc[c-]c(-c4ccccn4)c3)c2)cc1.CC(C)(C)c1ccc(-c2cc(-c3ccc(C(C)(C)C)cc3)cc(-c3cc[c-]c(-c4ccccn4)c3)c2)cc1.CC(C)(C)c1ccc(-c2cc(-c3ccc(C(C)(C)C)cc3)cc(-c3cc[c-]c(-c4ccccn4)c3)c2)cc1.[Ir+3]. The molecule has 0 saturated heterocycles. The molecule has 0 fully saturated rings. The average Bonchev–Trinajstić information content (AvgIpc) is 0.795. The number of aromatic nitrogens is 3. The minimum atomic E-state index is 0. The summed E-state index contributed by atoms with van der Waals surface area (Å²) in [5.74, 6) is 0. The van der Waals surface area contributed by atoms with Crippen LogP contribution in [0.1, 0.15) is 158 Å². The van der Waals surface area contributed by atoms with Crippen LogP contribution in [-0.4, -0.2) is 15.0 Å². The van der Waals surface area contributed by atoms with E-state index in [9.17, 15) is 0 Å². The zero-order valence-corrected chi connectivity index (χ0v) is 72.7. The first kappa shape index (κ1) is 83.2. The number of hydrogen-bond donors (Lipinski definition) is 0. The van der Waals surface area contributed by atoms with Crippen molar-refractivity contribution in [2.45, 2.75) is 157 Å². The fourth-order valence-corrected chi connectivity index (χ4v) is 14.3. The van der Waals surface area contributed by atoms with Gasteiger partial charge in [0, 0.05) is 18.6 Å². The summed E-state index contributed by atoms with van der Waals surface area (Å²) in [4.78, 5) is 13.6. The monoisotopic (exact) mass is 1680 g/mol. The van der Waals surface area contributed by atoms with Crippen LogP contribution in [0.2, 0.25) is 0 Å². The third kappa shape index (κ3) is 21.0. The van der Waals surface area contributed by atoms with E-state index in [1.54, 1.807) is 0 Å². The Morgan fingerprint density at radius 2 is 0.339 bits per heavy atom. The van der Waals surface area contributed by atoms with Gasteiger partial charge in [0.15, 0.2) is 0 Å². The van der Waals surface area contributed by atoms with Crippen LogP contribution in [0.4, 0.5) is 0 Å². The Kier molecular flexibility index (Phi) is 25.2. The third-order valence-corrected chi connectivity index (χ3v) is 21.5. The Morgan fingerprint density at radius 3 is 0.487 bits per heavy atom. The summed E-state index contributed by atoms with van der Waals surface area (Å²) < 4.78 is 0. The number of nitrogens with zero attached hydrogens (tertiary/aromatic N) is 3. The van der Waals surface area contributed by atoms with Crippen LogP contribution in [0, 0.1) is 18.2 Å². The molecule has 0 aliphatic heterocycles. The summed E-state index contributed by atoms with van der Waals surface area (Å²) in [6.45, 7) is 40.6. The molecular formula is C111H108IrN3. The Balaban J connectivity index is 0.000000159. The van der Waals surface area contributed by atoms with Crippen molar-refractivity contribution < 1.29 is 20.1 Å². The number of pyridine rings is 3. The number of hydrogen-bond acceptors (Lipinski definition) is 3. The predicted octanol–water partition coefficient (Wildman–Crippen LogP) is 30.4. The van der Waals surface area contributed by atoms with E-state index in [2.05, 4.69) is 394 Å². The van der Waals surface area contributed by atoms with Crippen LogP contribution in [0.25, 0.3) is 134 Å². The van der Waals surface area contributed by atoms with E-state index >= 15 is 0 Å². The van der Waals surface area contributed by atoms with Gasteiger partial charge < -0.3 is 15.0 Å². The molecule has 0 aliphatic carbocycles. The van der Waals surface area contributed by atoms with Gasteiger partial charge >= 0.3 is 20.1 Å². The Bertz CT molecular complexity index is 4940. The molecule has 0 N–H and O–H groups in total. The zero-order valence-electron chi connectivity index (χ0n) is 70.4. The van der Waals surface area contributed by atoms with Gasteiger partial charge in [0.2, 0.25) is 0 Å². The van der Waals surface area contributed by atoms with Gasteiger partial charge in [-0.05, 0) is 239 Å². The van der Waals surface area contributed by atoms with Crippen molar-refractivity contribution in [2.24, 2.45) is 0 Å². The molecule has 0 aliphatic rings. The Morgan fingerprint density at radius 1 is 0.174 bits per heavy atom. The van der Waals surface area contributed by atoms with Gasteiger partial charge in [-0.1, -0.05) is 307 Å². The standard InChI is InChI=1S/3C37H36N.Ir/c3*1-36(2,3)33-17-13-26(14-18-33)30-23-31(27-15-19-34(20-16-27)37(4,5)6)25-32(24-30)28-10-9-11-29(22-28)35-12-7-8-21-38-35;/h3*7-10,12-25H,1-6H3;/q3*-1;+3. The van der Waals surface area contributed by atoms with Crippen molar-refractivity contribution in [3.8, 4) is 134 Å². The predicted molar refractivity (Wildman–Crippen MR) is 487 cm³/mol. The molecule has 0 unspecified atom stereocenters. The third-order valence-electron chi connectivity index (χ3n) is 21.5. The zero-order chi connectivity index (χ0) is 80.7. The first-order valence-electron chi connectivity index (χ1n) is 40.1. The molecular weight excluding hydrogens is 1570 g/mol. The molecule has 0 bridgehead atoms. The fourth-order valence-electron chi connectivity index (χ4n) is 14.3. The van der Waals surface area contributed by atoms with Gasteiger partial charge in [-0.2, -0.15) is 0 Å². The second-order valence-corrected chi connectivity index (χ2v) is 36.5. The first-order chi connectivity index (χ1) is 54.2. The summed E-state index contributed by atoms with van der Waals surface area (Å²) in [5.41, 5.74) is 36.2. The van der Waals surface area contributed by atoms with Crippen LogP contribution in [0.5, 0.6) is 0 Å². The molecule has 3 nitrogen and oxygen atoms in total. The summed E-state index contributed by atoms with van der Waals surface area (Å²) in [6, 6.07) is 122. The minimum Gasteiger partial charge on any atom is -0.305 e. The largest absolute Gasteiger partial charge is 3.00 e. The van der Waals surface area contributed by atoms with Crippen molar-refractivity contribution in [3.05, 3.63) is 380 Å². The van der Waals surface area contributed by atoms with E-state index in [1.807, 2.05) is 91.4 Å². The van der Waals surface area contributed by atoms with Crippen molar-refractivity contribution >= 4 is 0 Å². The van der Waals surface area contributed by atoms with E-state index in [0.29, 0.717) is 0 Å². The minimum absolute atomic E-state index is 0. The maximum absolute atomic E-state index is 4.54. The molecule has 0 spiro atoms. The van der Waals surface area contributed by atoms with Crippen molar-refractivity contribution in [1.29, 1.82) is 0 Å². The maximum Gasteiger partial charge on any atom is 3.00 e. The van der Waals surface area contributed by atoms with E-state index in [-0.39, 0.29) is 52.6 Å². The molecule has 15 rings (SSSR count). The smallest absolute Gasteiger partial charge is 0.305 e. The van der Waals surface area contributed by atoms with E-state index in [4.69, 9.17) is 0 Å². The van der Waals surface area contributed by atoms with Crippen LogP contribution in [0.3, 0.4) is 0 Å².